The number of ketones is 1. The lowest BCUT2D eigenvalue weighted by molar-refractivity contribution is 0.0251. The van der Waals surface area contributed by atoms with Crippen molar-refractivity contribution in [2.45, 2.75) is 31.4 Å². The molecule has 1 aromatic carbocycles. The van der Waals surface area contributed by atoms with Gasteiger partial charge in [-0.25, -0.2) is 24.1 Å². The van der Waals surface area contributed by atoms with Crippen molar-refractivity contribution in [2.75, 3.05) is 6.54 Å². The normalized spacial score (nSPS) is 19.7. The fraction of sp³-hybridized carbons (Fsp3) is 0.250. The van der Waals surface area contributed by atoms with Gasteiger partial charge in [0.15, 0.2) is 11.4 Å². The first-order chi connectivity index (χ1) is 16.3. The van der Waals surface area contributed by atoms with E-state index in [0.717, 1.165) is 6.07 Å². The number of hydrogen-bond donors (Lipinski definition) is 2. The van der Waals surface area contributed by atoms with Gasteiger partial charge in [0.1, 0.15) is 17.4 Å². The molecule has 3 heterocycles. The van der Waals surface area contributed by atoms with Crippen LogP contribution in [-0.2, 0) is 0 Å². The third kappa shape index (κ3) is 4.33. The Morgan fingerprint density at radius 1 is 1.24 bits per heavy atom. The first kappa shape index (κ1) is 22.9. The van der Waals surface area contributed by atoms with Crippen molar-refractivity contribution in [2.24, 2.45) is 0 Å². The summed E-state index contributed by atoms with van der Waals surface area (Å²) >= 11 is 0. The molecule has 1 fully saturated rings. The Bertz CT molecular complexity index is 1280. The molecule has 0 bridgehead atoms. The van der Waals surface area contributed by atoms with Crippen LogP contribution < -0.4 is 10.1 Å². The molecule has 0 aliphatic carbocycles. The first-order valence-electron chi connectivity index (χ1n) is 10.5. The highest BCUT2D eigenvalue weighted by molar-refractivity contribution is 6.07. The highest BCUT2D eigenvalue weighted by atomic mass is 19.1. The molecule has 0 amide bonds. The summed E-state index contributed by atoms with van der Waals surface area (Å²) < 4.78 is 20.4. The van der Waals surface area contributed by atoms with E-state index in [1.165, 1.54) is 36.8 Å². The van der Waals surface area contributed by atoms with Crippen LogP contribution in [-0.4, -0.2) is 50.0 Å². The second kappa shape index (κ2) is 9.33. The van der Waals surface area contributed by atoms with Gasteiger partial charge in [-0.05, 0) is 50.1 Å². The molecule has 0 spiro atoms. The Hall–Kier alpha value is -4.23. The zero-order valence-corrected chi connectivity index (χ0v) is 18.2. The zero-order chi connectivity index (χ0) is 24.3. The molecule has 1 aliphatic rings. The number of aromatic carboxylic acids is 1. The minimum absolute atomic E-state index is 0.00383. The molecular formula is C24H20FN5O4. The molecule has 3 aromatic rings. The SMILES string of the molecule is C[C@@H]1CC[C@](Oc2nccc(C#N)c2C(=O)O)(C(=O)c2cc(F)ccc2-c2ncccn2)CN1. The number of benzene rings is 1. The Morgan fingerprint density at radius 2 is 2.00 bits per heavy atom. The van der Waals surface area contributed by atoms with Crippen molar-refractivity contribution in [3.05, 3.63) is 71.4 Å². The van der Waals surface area contributed by atoms with Gasteiger partial charge in [0, 0.05) is 42.3 Å². The molecule has 10 heteroatoms. The van der Waals surface area contributed by atoms with E-state index in [1.54, 1.807) is 12.1 Å². The fourth-order valence-corrected chi connectivity index (χ4v) is 3.89. The number of carboxylic acids is 1. The van der Waals surface area contributed by atoms with Crippen LogP contribution in [0.3, 0.4) is 0 Å². The van der Waals surface area contributed by atoms with Crippen molar-refractivity contribution in [1.29, 1.82) is 5.26 Å². The van der Waals surface area contributed by atoms with Crippen LogP contribution in [0.2, 0.25) is 0 Å². The molecule has 2 atom stereocenters. The van der Waals surface area contributed by atoms with E-state index in [9.17, 15) is 24.3 Å². The molecule has 34 heavy (non-hydrogen) atoms. The lowest BCUT2D eigenvalue weighted by Gasteiger charge is -2.39. The molecule has 172 valence electrons. The number of carbonyl (C=O) groups is 2. The number of hydrogen-bond acceptors (Lipinski definition) is 8. The van der Waals surface area contributed by atoms with E-state index >= 15 is 0 Å². The molecule has 0 radical (unpaired) electrons. The van der Waals surface area contributed by atoms with Crippen molar-refractivity contribution in [3.63, 3.8) is 0 Å². The smallest absolute Gasteiger partial charge is 0.342 e. The second-order valence-electron chi connectivity index (χ2n) is 7.96. The van der Waals surface area contributed by atoms with E-state index < -0.39 is 28.7 Å². The molecule has 9 nitrogen and oxygen atoms in total. The number of carboxylic acid groups (broad SMARTS) is 1. The van der Waals surface area contributed by atoms with Gasteiger partial charge in [-0.3, -0.25) is 4.79 Å². The van der Waals surface area contributed by atoms with Crippen LogP contribution in [0, 0.1) is 17.1 Å². The molecule has 2 N–H and O–H groups in total. The number of nitrogens with one attached hydrogen (secondary N) is 1. The van der Waals surface area contributed by atoms with Crippen LogP contribution in [0.25, 0.3) is 11.4 Å². The van der Waals surface area contributed by atoms with Gasteiger partial charge in [-0.2, -0.15) is 5.26 Å². The number of nitrogens with zero attached hydrogens (tertiary/aromatic N) is 4. The number of aromatic nitrogens is 3. The number of ether oxygens (including phenoxy) is 1. The average molecular weight is 461 g/mol. The number of carbonyl (C=O) groups excluding carboxylic acids is 1. The van der Waals surface area contributed by atoms with Crippen LogP contribution in [0.5, 0.6) is 5.88 Å². The minimum Gasteiger partial charge on any atom is -0.477 e. The average Bonchev–Trinajstić information content (AvgIpc) is 2.85. The maximum absolute atomic E-state index is 14.3. The lowest BCUT2D eigenvalue weighted by atomic mass is 9.82. The summed E-state index contributed by atoms with van der Waals surface area (Å²) in [5.74, 6) is -2.75. The number of Topliss-reactive ketones (excluding diaryl/α,β-unsaturated/α-hetero) is 1. The number of halogens is 1. The van der Waals surface area contributed by atoms with E-state index in [0.29, 0.717) is 12.0 Å². The maximum Gasteiger partial charge on any atom is 0.342 e. The summed E-state index contributed by atoms with van der Waals surface area (Å²) in [6, 6.07) is 8.47. The Kier molecular flexibility index (Phi) is 6.30. The third-order valence-corrected chi connectivity index (χ3v) is 5.71. The monoisotopic (exact) mass is 461 g/mol. The van der Waals surface area contributed by atoms with Gasteiger partial charge >= 0.3 is 5.97 Å². The summed E-state index contributed by atoms with van der Waals surface area (Å²) in [6.45, 7) is 1.97. The Balaban J connectivity index is 1.85. The van der Waals surface area contributed by atoms with Gasteiger partial charge in [-0.1, -0.05) is 0 Å². The zero-order valence-electron chi connectivity index (χ0n) is 18.2. The van der Waals surface area contributed by atoms with E-state index in [2.05, 4.69) is 20.3 Å². The molecule has 2 aromatic heterocycles. The van der Waals surface area contributed by atoms with Gasteiger partial charge in [0.05, 0.1) is 5.56 Å². The van der Waals surface area contributed by atoms with Crippen molar-refractivity contribution >= 4 is 11.8 Å². The number of nitriles is 1. The summed E-state index contributed by atoms with van der Waals surface area (Å²) in [6.07, 6.45) is 4.99. The van der Waals surface area contributed by atoms with Crippen molar-refractivity contribution in [1.82, 2.24) is 20.3 Å². The highest BCUT2D eigenvalue weighted by Gasteiger charge is 2.46. The standard InChI is InChI=1S/C24H20FN5O4/c1-14-5-7-24(13-30-14,34-22-19(23(32)33)15(12-26)6-10-29-22)20(31)18-11-16(25)3-4-17(18)21-27-8-2-9-28-21/h2-4,6,8-11,14,30H,5,7,13H2,1H3,(H,32,33)/t14-,24-/m1/s1. The van der Waals surface area contributed by atoms with Crippen LogP contribution in [0.15, 0.2) is 48.9 Å². The Morgan fingerprint density at radius 3 is 2.65 bits per heavy atom. The molecule has 1 aliphatic heterocycles. The number of piperidine rings is 1. The van der Waals surface area contributed by atoms with E-state index in [-0.39, 0.29) is 41.8 Å². The second-order valence-corrected chi connectivity index (χ2v) is 7.96. The largest absolute Gasteiger partial charge is 0.477 e. The summed E-state index contributed by atoms with van der Waals surface area (Å²) in [5.41, 5.74) is -1.89. The van der Waals surface area contributed by atoms with Crippen LogP contribution in [0.4, 0.5) is 4.39 Å². The quantitative estimate of drug-likeness (QED) is 0.530. The first-order valence-corrected chi connectivity index (χ1v) is 10.5. The van der Waals surface area contributed by atoms with Gasteiger partial charge < -0.3 is 15.2 Å². The van der Waals surface area contributed by atoms with Crippen molar-refractivity contribution in [3.8, 4) is 23.3 Å². The van der Waals surface area contributed by atoms with Gasteiger partial charge in [0.2, 0.25) is 11.7 Å². The summed E-state index contributed by atoms with van der Waals surface area (Å²) in [5, 5.41) is 22.2. The van der Waals surface area contributed by atoms with Gasteiger partial charge in [0.25, 0.3) is 0 Å². The van der Waals surface area contributed by atoms with Crippen molar-refractivity contribution < 1.29 is 23.8 Å². The molecule has 4 rings (SSSR count). The highest BCUT2D eigenvalue weighted by Crippen LogP contribution is 2.34. The number of rotatable bonds is 6. The summed E-state index contributed by atoms with van der Waals surface area (Å²) in [7, 11) is 0. The maximum atomic E-state index is 14.3. The number of pyridine rings is 1. The van der Waals surface area contributed by atoms with E-state index in [1.807, 2.05) is 6.92 Å². The Labute approximate surface area is 194 Å². The van der Waals surface area contributed by atoms with E-state index in [4.69, 9.17) is 4.74 Å². The minimum atomic E-state index is -1.60. The molecule has 0 saturated carbocycles. The fourth-order valence-electron chi connectivity index (χ4n) is 3.89. The van der Waals surface area contributed by atoms with Crippen LogP contribution >= 0.6 is 0 Å². The summed E-state index contributed by atoms with van der Waals surface area (Å²) in [4.78, 5) is 38.2. The third-order valence-electron chi connectivity index (χ3n) is 5.71. The van der Waals surface area contributed by atoms with Gasteiger partial charge in [-0.15, -0.1) is 0 Å². The molecular weight excluding hydrogens is 441 g/mol. The topological polar surface area (TPSA) is 138 Å². The predicted octanol–water partition coefficient (Wildman–Crippen LogP) is 3.02. The molecule has 0 unspecified atom stereocenters. The van der Waals surface area contributed by atoms with Crippen LogP contribution in [0.1, 0.15) is 46.0 Å². The predicted molar refractivity (Wildman–Crippen MR) is 118 cm³/mol. The lowest BCUT2D eigenvalue weighted by Crippen LogP contribution is -2.58. The molecule has 1 saturated heterocycles.